The number of likely N-dealkylation sites (tertiary alicyclic amines) is 1. The molecule has 1 aromatic rings. The van der Waals surface area contributed by atoms with Gasteiger partial charge in [0.15, 0.2) is 0 Å². The molecule has 1 amide bonds. The normalized spacial score (nSPS) is 22.6. The van der Waals surface area contributed by atoms with E-state index in [1.807, 2.05) is 17.0 Å². The van der Waals surface area contributed by atoms with E-state index in [1.165, 1.54) is 0 Å². The summed E-state index contributed by atoms with van der Waals surface area (Å²) < 4.78 is 5.58. The van der Waals surface area contributed by atoms with Gasteiger partial charge in [0.2, 0.25) is 5.91 Å². The maximum absolute atomic E-state index is 12.2. The quantitative estimate of drug-likeness (QED) is 0.860. The van der Waals surface area contributed by atoms with Crippen LogP contribution in [0.15, 0.2) is 24.3 Å². The summed E-state index contributed by atoms with van der Waals surface area (Å²) in [7, 11) is 0. The topological polar surface area (TPSA) is 55.6 Å². The highest BCUT2D eigenvalue weighted by atomic mass is 16.5. The fourth-order valence-corrected chi connectivity index (χ4v) is 2.74. The van der Waals surface area contributed by atoms with Crippen LogP contribution in [0, 0.1) is 5.92 Å². The Balaban J connectivity index is 1.76. The fraction of sp³-hybridized carbons (Fsp3) is 0.562. The van der Waals surface area contributed by atoms with E-state index in [4.69, 9.17) is 10.5 Å². The van der Waals surface area contributed by atoms with E-state index in [1.54, 1.807) is 12.1 Å². The molecular formula is C16H24N2O2. The number of nitrogens with two attached hydrogens (primary N) is 1. The molecule has 1 fully saturated rings. The first-order valence-corrected chi connectivity index (χ1v) is 7.34. The third kappa shape index (κ3) is 3.89. The third-order valence-corrected chi connectivity index (χ3v) is 3.92. The molecule has 1 aliphatic rings. The molecule has 20 heavy (non-hydrogen) atoms. The first-order valence-electron chi connectivity index (χ1n) is 7.34. The minimum Gasteiger partial charge on any atom is -0.493 e. The molecule has 1 aliphatic heterocycles. The summed E-state index contributed by atoms with van der Waals surface area (Å²) in [6.45, 7) is 5.68. The van der Waals surface area contributed by atoms with Crippen molar-refractivity contribution < 1.29 is 9.53 Å². The summed E-state index contributed by atoms with van der Waals surface area (Å²) in [5.41, 5.74) is 6.32. The number of hydrogen-bond donors (Lipinski definition) is 1. The molecule has 2 N–H and O–H groups in total. The van der Waals surface area contributed by atoms with Crippen molar-refractivity contribution in [3.05, 3.63) is 24.3 Å². The van der Waals surface area contributed by atoms with E-state index in [-0.39, 0.29) is 5.91 Å². The number of nitrogens with zero attached hydrogens (tertiary/aromatic N) is 1. The molecule has 1 aromatic carbocycles. The van der Waals surface area contributed by atoms with Crippen LogP contribution in [0.5, 0.6) is 5.75 Å². The van der Waals surface area contributed by atoms with E-state index in [2.05, 4.69) is 13.8 Å². The number of amides is 1. The average Bonchev–Trinajstić information content (AvgIpc) is 2.41. The van der Waals surface area contributed by atoms with Crippen LogP contribution in [0.4, 0.5) is 5.69 Å². The molecular weight excluding hydrogens is 252 g/mol. The summed E-state index contributed by atoms with van der Waals surface area (Å²) in [6, 6.07) is 7.59. The molecule has 0 saturated carbocycles. The number of piperidine rings is 1. The Morgan fingerprint density at radius 2 is 2.05 bits per heavy atom. The monoisotopic (exact) mass is 276 g/mol. The number of ether oxygens (including phenoxy) is 1. The second-order valence-corrected chi connectivity index (χ2v) is 5.73. The molecule has 4 heteroatoms. The lowest BCUT2D eigenvalue weighted by molar-refractivity contribution is -0.135. The fourth-order valence-electron chi connectivity index (χ4n) is 2.74. The average molecular weight is 276 g/mol. The predicted octanol–water partition coefficient (Wildman–Crippen LogP) is 2.68. The molecule has 0 bridgehead atoms. The van der Waals surface area contributed by atoms with Gasteiger partial charge < -0.3 is 15.4 Å². The number of nitrogen functional groups attached to an aromatic ring is 1. The van der Waals surface area contributed by atoms with Crippen molar-refractivity contribution in [3.8, 4) is 5.75 Å². The van der Waals surface area contributed by atoms with Crippen LogP contribution in [0.2, 0.25) is 0 Å². The molecule has 0 aromatic heterocycles. The minimum absolute atomic E-state index is 0.194. The number of anilines is 1. The van der Waals surface area contributed by atoms with E-state index in [0.29, 0.717) is 24.8 Å². The molecule has 0 aliphatic carbocycles. The van der Waals surface area contributed by atoms with Gasteiger partial charge in [0, 0.05) is 18.3 Å². The van der Waals surface area contributed by atoms with Crippen LogP contribution < -0.4 is 10.5 Å². The smallest absolute Gasteiger partial charge is 0.226 e. The Morgan fingerprint density at radius 3 is 2.70 bits per heavy atom. The van der Waals surface area contributed by atoms with Crippen LogP contribution >= 0.6 is 0 Å². The Labute approximate surface area is 120 Å². The van der Waals surface area contributed by atoms with Crippen molar-refractivity contribution in [2.24, 2.45) is 5.92 Å². The molecule has 0 spiro atoms. The van der Waals surface area contributed by atoms with Gasteiger partial charge in [0.05, 0.1) is 13.0 Å². The highest BCUT2D eigenvalue weighted by Gasteiger charge is 2.26. The van der Waals surface area contributed by atoms with Gasteiger partial charge in [-0.15, -0.1) is 0 Å². The first kappa shape index (κ1) is 14.7. The van der Waals surface area contributed by atoms with Gasteiger partial charge >= 0.3 is 0 Å². The second-order valence-electron chi connectivity index (χ2n) is 5.73. The van der Waals surface area contributed by atoms with Crippen molar-refractivity contribution >= 4 is 11.6 Å². The molecule has 1 saturated heterocycles. The lowest BCUT2D eigenvalue weighted by Crippen LogP contribution is -2.44. The van der Waals surface area contributed by atoms with Crippen LogP contribution in [-0.2, 0) is 4.79 Å². The molecule has 4 nitrogen and oxygen atoms in total. The molecule has 0 radical (unpaired) electrons. The Bertz CT molecular complexity index is 444. The number of carbonyl (C=O) groups is 1. The summed E-state index contributed by atoms with van der Waals surface area (Å²) >= 11 is 0. The van der Waals surface area contributed by atoms with Gasteiger partial charge in [0.1, 0.15) is 5.75 Å². The van der Waals surface area contributed by atoms with Crippen molar-refractivity contribution in [1.29, 1.82) is 0 Å². The SMILES string of the molecule is CC1CCN(C(=O)CCOc2ccc(N)cc2)C(C)C1. The zero-order valence-electron chi connectivity index (χ0n) is 12.3. The largest absolute Gasteiger partial charge is 0.493 e. The van der Waals surface area contributed by atoms with Crippen molar-refractivity contribution in [2.75, 3.05) is 18.9 Å². The van der Waals surface area contributed by atoms with Crippen molar-refractivity contribution in [2.45, 2.75) is 39.2 Å². The van der Waals surface area contributed by atoms with E-state index in [0.717, 1.165) is 31.1 Å². The minimum atomic E-state index is 0.194. The Morgan fingerprint density at radius 1 is 1.35 bits per heavy atom. The van der Waals surface area contributed by atoms with E-state index in [9.17, 15) is 4.79 Å². The van der Waals surface area contributed by atoms with Crippen LogP contribution in [0.1, 0.15) is 33.1 Å². The summed E-state index contributed by atoms with van der Waals surface area (Å²) in [4.78, 5) is 14.2. The van der Waals surface area contributed by atoms with Gasteiger partial charge in [-0.3, -0.25) is 4.79 Å². The van der Waals surface area contributed by atoms with E-state index < -0.39 is 0 Å². The zero-order chi connectivity index (χ0) is 14.5. The van der Waals surface area contributed by atoms with Gasteiger partial charge in [-0.2, -0.15) is 0 Å². The van der Waals surface area contributed by atoms with Gasteiger partial charge in [-0.1, -0.05) is 6.92 Å². The second kappa shape index (κ2) is 6.64. The first-order chi connectivity index (χ1) is 9.56. The van der Waals surface area contributed by atoms with Gasteiger partial charge in [0.25, 0.3) is 0 Å². The lowest BCUT2D eigenvalue weighted by Gasteiger charge is -2.36. The third-order valence-electron chi connectivity index (χ3n) is 3.92. The van der Waals surface area contributed by atoms with Crippen LogP contribution in [-0.4, -0.2) is 30.0 Å². The highest BCUT2D eigenvalue weighted by Crippen LogP contribution is 2.22. The Kier molecular flexibility index (Phi) is 4.88. The zero-order valence-corrected chi connectivity index (χ0v) is 12.3. The summed E-state index contributed by atoms with van der Waals surface area (Å²) in [6.07, 6.45) is 2.64. The maximum Gasteiger partial charge on any atom is 0.226 e. The molecule has 2 unspecified atom stereocenters. The standard InChI is InChI=1S/C16H24N2O2/c1-12-7-9-18(13(2)11-12)16(19)8-10-20-15-5-3-14(17)4-6-15/h3-6,12-13H,7-11,17H2,1-2H3. The molecule has 1 heterocycles. The summed E-state index contributed by atoms with van der Waals surface area (Å²) in [5.74, 6) is 1.67. The maximum atomic E-state index is 12.2. The van der Waals surface area contributed by atoms with Crippen LogP contribution in [0.25, 0.3) is 0 Å². The highest BCUT2D eigenvalue weighted by molar-refractivity contribution is 5.76. The van der Waals surface area contributed by atoms with Gasteiger partial charge in [-0.25, -0.2) is 0 Å². The Hall–Kier alpha value is -1.71. The van der Waals surface area contributed by atoms with Crippen molar-refractivity contribution in [1.82, 2.24) is 4.90 Å². The van der Waals surface area contributed by atoms with Crippen molar-refractivity contribution in [3.63, 3.8) is 0 Å². The van der Waals surface area contributed by atoms with Crippen LogP contribution in [0.3, 0.4) is 0 Å². The number of benzene rings is 1. The molecule has 2 atom stereocenters. The molecule has 2 rings (SSSR count). The number of rotatable bonds is 4. The number of hydrogen-bond acceptors (Lipinski definition) is 3. The summed E-state index contributed by atoms with van der Waals surface area (Å²) in [5, 5.41) is 0. The molecule has 110 valence electrons. The predicted molar refractivity (Wildman–Crippen MR) is 80.5 cm³/mol. The lowest BCUT2D eigenvalue weighted by atomic mass is 9.93. The van der Waals surface area contributed by atoms with Gasteiger partial charge in [-0.05, 0) is 49.9 Å². The van der Waals surface area contributed by atoms with E-state index >= 15 is 0 Å². The number of carbonyl (C=O) groups excluding carboxylic acids is 1.